The molecular formula is C18H27ClN4. The molecule has 23 heavy (non-hydrogen) atoms. The van der Waals surface area contributed by atoms with Crippen LogP contribution in [0.1, 0.15) is 26.7 Å². The number of aromatic nitrogens is 1. The Balaban J connectivity index is 1.91. The number of pyridine rings is 1. The molecule has 1 aromatic heterocycles. The third kappa shape index (κ3) is 5.34. The molecule has 0 aliphatic rings. The van der Waals surface area contributed by atoms with Gasteiger partial charge in [-0.05, 0) is 57.1 Å². The van der Waals surface area contributed by atoms with Crippen molar-refractivity contribution in [2.75, 3.05) is 31.5 Å². The summed E-state index contributed by atoms with van der Waals surface area (Å²) in [4.78, 5) is 6.78. The van der Waals surface area contributed by atoms with Crippen molar-refractivity contribution in [2.24, 2.45) is 5.73 Å². The van der Waals surface area contributed by atoms with Gasteiger partial charge in [-0.3, -0.25) is 4.98 Å². The Hall–Kier alpha value is -1.36. The fourth-order valence-corrected chi connectivity index (χ4v) is 2.98. The number of hydrogen-bond donors (Lipinski definition) is 2. The predicted octanol–water partition coefficient (Wildman–Crippen LogP) is 3.75. The topological polar surface area (TPSA) is 54.2 Å². The van der Waals surface area contributed by atoms with E-state index in [1.54, 1.807) is 0 Å². The van der Waals surface area contributed by atoms with Gasteiger partial charge in [-0.25, -0.2) is 0 Å². The number of fused-ring (bicyclic) bond motifs is 1. The largest absolute Gasteiger partial charge is 0.382 e. The Morgan fingerprint density at radius 1 is 1.30 bits per heavy atom. The highest BCUT2D eigenvalue weighted by Crippen LogP contribution is 2.25. The third-order valence-corrected chi connectivity index (χ3v) is 4.35. The van der Waals surface area contributed by atoms with Gasteiger partial charge in [0.15, 0.2) is 0 Å². The number of anilines is 1. The van der Waals surface area contributed by atoms with Crippen LogP contribution in [0.2, 0.25) is 5.02 Å². The van der Waals surface area contributed by atoms with Crippen LogP contribution in [0.5, 0.6) is 0 Å². The number of halogens is 1. The Bertz CT molecular complexity index is 617. The van der Waals surface area contributed by atoms with Crippen molar-refractivity contribution in [1.82, 2.24) is 9.88 Å². The second-order valence-electron chi connectivity index (χ2n) is 5.93. The lowest BCUT2D eigenvalue weighted by atomic mass is 10.1. The van der Waals surface area contributed by atoms with Gasteiger partial charge in [0.05, 0.1) is 5.52 Å². The quantitative estimate of drug-likeness (QED) is 0.733. The second kappa shape index (κ2) is 9.06. The number of nitrogens with zero attached hydrogens (tertiary/aromatic N) is 2. The molecule has 3 N–H and O–H groups in total. The summed E-state index contributed by atoms with van der Waals surface area (Å²) in [6, 6.07) is 8.28. The highest BCUT2D eigenvalue weighted by Gasteiger charge is 2.08. The van der Waals surface area contributed by atoms with Gasteiger partial charge in [0.2, 0.25) is 0 Å². The predicted molar refractivity (Wildman–Crippen MR) is 100 cm³/mol. The molecular weight excluding hydrogens is 308 g/mol. The van der Waals surface area contributed by atoms with E-state index in [1.165, 1.54) is 0 Å². The van der Waals surface area contributed by atoms with Crippen LogP contribution in [0.3, 0.4) is 0 Å². The van der Waals surface area contributed by atoms with E-state index in [-0.39, 0.29) is 0 Å². The highest BCUT2D eigenvalue weighted by atomic mass is 35.5. The lowest BCUT2D eigenvalue weighted by molar-refractivity contribution is 0.288. The van der Waals surface area contributed by atoms with Gasteiger partial charge in [0, 0.05) is 41.4 Å². The molecule has 2 rings (SSSR count). The van der Waals surface area contributed by atoms with Crippen molar-refractivity contribution in [2.45, 2.75) is 32.7 Å². The summed E-state index contributed by atoms with van der Waals surface area (Å²) in [5, 5.41) is 5.43. The molecule has 2 aromatic rings. The fraction of sp³-hybridized carbons (Fsp3) is 0.500. The number of likely N-dealkylation sites (N-methyl/N-ethyl adjacent to an activating group) is 1. The van der Waals surface area contributed by atoms with E-state index in [1.807, 2.05) is 30.5 Å². The Kier molecular flexibility index (Phi) is 7.09. The van der Waals surface area contributed by atoms with Crippen molar-refractivity contribution >= 4 is 28.2 Å². The standard InChI is InChI=1S/C18H27ClN4/c1-3-23(12-9-20)11-4-5-14(2)22-17-8-10-21-18-13-15(19)6-7-16(17)18/h6-8,10,13-14H,3-5,9,11-12,20H2,1-2H3,(H,21,22). The Labute approximate surface area is 144 Å². The zero-order chi connectivity index (χ0) is 16.7. The molecule has 0 saturated carbocycles. The van der Waals surface area contributed by atoms with E-state index >= 15 is 0 Å². The number of benzene rings is 1. The van der Waals surface area contributed by atoms with Crippen LogP contribution >= 0.6 is 11.6 Å². The van der Waals surface area contributed by atoms with E-state index < -0.39 is 0 Å². The minimum Gasteiger partial charge on any atom is -0.382 e. The molecule has 4 nitrogen and oxygen atoms in total. The highest BCUT2D eigenvalue weighted by molar-refractivity contribution is 6.31. The lowest BCUT2D eigenvalue weighted by Gasteiger charge is -2.21. The van der Waals surface area contributed by atoms with Gasteiger partial charge in [-0.1, -0.05) is 18.5 Å². The van der Waals surface area contributed by atoms with Gasteiger partial charge >= 0.3 is 0 Å². The normalized spacial score (nSPS) is 12.7. The first-order valence-corrected chi connectivity index (χ1v) is 8.75. The van der Waals surface area contributed by atoms with E-state index in [0.29, 0.717) is 6.04 Å². The SMILES string of the molecule is CCN(CCN)CCCC(C)Nc1ccnc2cc(Cl)ccc12. The zero-order valence-corrected chi connectivity index (χ0v) is 14.8. The van der Waals surface area contributed by atoms with Crippen molar-refractivity contribution in [3.8, 4) is 0 Å². The van der Waals surface area contributed by atoms with Crippen LogP contribution in [-0.2, 0) is 0 Å². The molecule has 1 aromatic carbocycles. The first-order chi connectivity index (χ1) is 11.1. The van der Waals surface area contributed by atoms with Crippen LogP contribution in [0.15, 0.2) is 30.5 Å². The fourth-order valence-electron chi connectivity index (χ4n) is 2.82. The van der Waals surface area contributed by atoms with Crippen LogP contribution < -0.4 is 11.1 Å². The summed E-state index contributed by atoms with van der Waals surface area (Å²) >= 11 is 6.04. The Morgan fingerprint density at radius 3 is 2.87 bits per heavy atom. The molecule has 0 amide bonds. The van der Waals surface area contributed by atoms with Crippen LogP contribution in [-0.4, -0.2) is 42.1 Å². The first kappa shape index (κ1) is 18.0. The molecule has 1 atom stereocenters. The number of nitrogens with two attached hydrogens (primary N) is 1. The molecule has 1 unspecified atom stereocenters. The Morgan fingerprint density at radius 2 is 2.13 bits per heavy atom. The van der Waals surface area contributed by atoms with E-state index in [0.717, 1.165) is 60.6 Å². The molecule has 0 aliphatic carbocycles. The summed E-state index contributed by atoms with van der Waals surface area (Å²) in [6.45, 7) is 8.29. The van der Waals surface area contributed by atoms with Crippen LogP contribution in [0.4, 0.5) is 5.69 Å². The third-order valence-electron chi connectivity index (χ3n) is 4.11. The molecule has 0 fully saturated rings. The maximum absolute atomic E-state index is 6.04. The van der Waals surface area contributed by atoms with E-state index in [4.69, 9.17) is 17.3 Å². The molecule has 0 saturated heterocycles. The van der Waals surface area contributed by atoms with Crippen molar-refractivity contribution in [1.29, 1.82) is 0 Å². The summed E-state index contributed by atoms with van der Waals surface area (Å²) in [7, 11) is 0. The summed E-state index contributed by atoms with van der Waals surface area (Å²) in [5.41, 5.74) is 7.68. The van der Waals surface area contributed by atoms with Crippen molar-refractivity contribution < 1.29 is 0 Å². The van der Waals surface area contributed by atoms with Crippen molar-refractivity contribution in [3.63, 3.8) is 0 Å². The van der Waals surface area contributed by atoms with Crippen LogP contribution in [0.25, 0.3) is 10.9 Å². The maximum atomic E-state index is 6.04. The lowest BCUT2D eigenvalue weighted by Crippen LogP contribution is -2.31. The van der Waals surface area contributed by atoms with Gasteiger partial charge in [0.25, 0.3) is 0 Å². The number of nitrogens with one attached hydrogen (secondary N) is 1. The second-order valence-corrected chi connectivity index (χ2v) is 6.37. The molecule has 0 aliphatic heterocycles. The minimum absolute atomic E-state index is 0.410. The molecule has 126 valence electrons. The van der Waals surface area contributed by atoms with E-state index in [2.05, 4.69) is 29.0 Å². The molecule has 5 heteroatoms. The van der Waals surface area contributed by atoms with Gasteiger partial charge in [-0.2, -0.15) is 0 Å². The van der Waals surface area contributed by atoms with Crippen molar-refractivity contribution in [3.05, 3.63) is 35.5 Å². The van der Waals surface area contributed by atoms with Gasteiger partial charge in [0.1, 0.15) is 0 Å². The smallest absolute Gasteiger partial charge is 0.0737 e. The molecule has 0 bridgehead atoms. The first-order valence-electron chi connectivity index (χ1n) is 8.37. The monoisotopic (exact) mass is 334 g/mol. The van der Waals surface area contributed by atoms with Crippen LogP contribution in [0, 0.1) is 0 Å². The number of rotatable bonds is 9. The summed E-state index contributed by atoms with van der Waals surface area (Å²) < 4.78 is 0. The molecule has 0 radical (unpaired) electrons. The maximum Gasteiger partial charge on any atom is 0.0737 e. The van der Waals surface area contributed by atoms with E-state index in [9.17, 15) is 0 Å². The van der Waals surface area contributed by atoms with Gasteiger partial charge < -0.3 is 16.0 Å². The minimum atomic E-state index is 0.410. The molecule has 0 spiro atoms. The zero-order valence-electron chi connectivity index (χ0n) is 14.1. The summed E-state index contributed by atoms with van der Waals surface area (Å²) in [6.07, 6.45) is 4.11. The van der Waals surface area contributed by atoms with Gasteiger partial charge in [-0.15, -0.1) is 0 Å². The average molecular weight is 335 g/mol. The number of hydrogen-bond acceptors (Lipinski definition) is 4. The summed E-state index contributed by atoms with van der Waals surface area (Å²) in [5.74, 6) is 0. The average Bonchev–Trinajstić information content (AvgIpc) is 2.54. The molecule has 1 heterocycles.